The molecule has 0 aliphatic carbocycles. The summed E-state index contributed by atoms with van der Waals surface area (Å²) >= 11 is 0. The molecule has 0 saturated carbocycles. The van der Waals surface area contributed by atoms with E-state index in [-0.39, 0.29) is 45.2 Å². The minimum absolute atomic E-state index is 0.198. The molecule has 0 bridgehead atoms. The zero-order valence-corrected chi connectivity index (χ0v) is 46.0. The number of hydrogen-bond acceptors (Lipinski definition) is 10. The van der Waals surface area contributed by atoms with Gasteiger partial charge in [0.15, 0.2) is 11.2 Å². The van der Waals surface area contributed by atoms with E-state index in [1.54, 1.807) is 24.3 Å². The zero-order valence-electron chi connectivity index (χ0n) is 46.0. The molecule has 416 valence electrons. The van der Waals surface area contributed by atoms with Crippen LogP contribution in [0.2, 0.25) is 0 Å². The van der Waals surface area contributed by atoms with E-state index in [4.69, 9.17) is 17.7 Å². The maximum absolute atomic E-state index is 15.7. The third-order valence-electron chi connectivity index (χ3n) is 15.3. The third-order valence-corrected chi connectivity index (χ3v) is 15.3. The third kappa shape index (κ3) is 9.27. The first-order valence-corrected chi connectivity index (χ1v) is 26.5. The summed E-state index contributed by atoms with van der Waals surface area (Å²) in [5.41, 5.74) is 3.09. The Hall–Kier alpha value is -9.70. The highest BCUT2D eigenvalue weighted by atomic mass is 19.4. The van der Waals surface area contributed by atoms with Crippen molar-refractivity contribution in [3.63, 3.8) is 0 Å². The maximum atomic E-state index is 15.7. The number of aryl methyl sites for hydroxylation is 8. The van der Waals surface area contributed by atoms with Gasteiger partial charge in [0, 0.05) is 57.0 Å². The van der Waals surface area contributed by atoms with Crippen molar-refractivity contribution in [2.24, 2.45) is 0 Å². The fourth-order valence-corrected chi connectivity index (χ4v) is 11.4. The van der Waals surface area contributed by atoms with Crippen LogP contribution in [0.3, 0.4) is 0 Å². The molecule has 0 unspecified atom stereocenters. The molecule has 4 aromatic heterocycles. The molecule has 4 heterocycles. The summed E-state index contributed by atoms with van der Waals surface area (Å²) in [6.45, 7) is 16.1. The van der Waals surface area contributed by atoms with Crippen molar-refractivity contribution in [3.8, 4) is 22.9 Å². The number of anilines is 6. The Morgan fingerprint density at radius 3 is 1.01 bits per heavy atom. The molecule has 16 heteroatoms. The Morgan fingerprint density at radius 2 is 0.699 bits per heavy atom. The van der Waals surface area contributed by atoms with Gasteiger partial charge in [-0.05, 0) is 174 Å². The Morgan fingerprint density at radius 1 is 0.361 bits per heavy atom. The molecule has 0 radical (unpaired) electrons. The number of oxazole rings is 2. The smallest absolute Gasteiger partial charge is 0.411 e. The SMILES string of the molecule is Cc1ccc(N(c2ccc3cc(-c4nc5cc(C(c6ccc7oc(-c8cc9ccc(N(c%10ccc(C)cc%10C)c%10ccc(C)cc%10C)cc9oc8=O)nc7c6)(C(F)(F)F)C(F)(F)F)ccc5o4)c(=O)oc3c2)c2ccc(C)cc2C)c(C)c1. The molecule has 0 aliphatic rings. The molecule has 0 saturated heterocycles. The van der Waals surface area contributed by atoms with E-state index in [1.807, 2.05) is 116 Å². The number of benzene rings is 8. The monoisotopic (exact) mass is 1120 g/mol. The number of aromatic nitrogens is 2. The average molecular weight is 1120 g/mol. The first-order chi connectivity index (χ1) is 39.4. The Kier molecular flexibility index (Phi) is 12.9. The van der Waals surface area contributed by atoms with Crippen molar-refractivity contribution in [1.29, 1.82) is 0 Å². The Labute approximate surface area is 470 Å². The van der Waals surface area contributed by atoms with E-state index in [0.717, 1.165) is 79.4 Å². The summed E-state index contributed by atoms with van der Waals surface area (Å²) in [6.07, 6.45) is -12.0. The standard InChI is InChI=1S/C67H50F6N4O6/c1-35-9-19-53(39(5)25-35)76(54-20-10-36(2)26-40(54)6)47-17-13-43-29-49(63(78)82-59(43)33-47)61-74-51-31-45(15-23-57(51)80-61)65(66(68,69)70,67(71,72)73)46-16-24-58-52(32-46)75-62(81-58)50-30-44-14-18-48(34-60(44)83-64(50)79)77(55-21-11-37(3)27-41(55)7)56-22-12-38(4)28-42(56)8/h9-34H,1-8H3. The van der Waals surface area contributed by atoms with Crippen LogP contribution < -0.4 is 21.1 Å². The second kappa shape index (κ2) is 19.8. The average Bonchev–Trinajstić information content (AvgIpc) is 1.85. The molecule has 8 aromatic carbocycles. The highest BCUT2D eigenvalue weighted by Gasteiger charge is 2.72. The highest BCUT2D eigenvalue weighted by molar-refractivity contribution is 5.91. The fraction of sp³-hybridized carbons (Fsp3) is 0.164. The van der Waals surface area contributed by atoms with Crippen molar-refractivity contribution in [1.82, 2.24) is 9.97 Å². The summed E-state index contributed by atoms with van der Waals surface area (Å²) in [5.74, 6) is -0.777. The summed E-state index contributed by atoms with van der Waals surface area (Å²) in [7, 11) is 0. The molecule has 12 rings (SSSR count). The minimum atomic E-state index is -6.01. The Bertz CT molecular complexity index is 4340. The molecule has 12 aromatic rings. The zero-order chi connectivity index (χ0) is 58.6. The molecular weight excluding hydrogens is 1070 g/mol. The van der Waals surface area contributed by atoms with Gasteiger partial charge in [0.2, 0.25) is 17.2 Å². The van der Waals surface area contributed by atoms with E-state index in [0.29, 0.717) is 46.4 Å². The van der Waals surface area contributed by atoms with E-state index < -0.39 is 51.2 Å². The van der Waals surface area contributed by atoms with E-state index in [1.165, 1.54) is 12.1 Å². The molecule has 0 amide bonds. The molecule has 0 spiro atoms. The van der Waals surface area contributed by atoms with Crippen LogP contribution in [-0.4, -0.2) is 22.3 Å². The number of hydrogen-bond donors (Lipinski definition) is 0. The van der Waals surface area contributed by atoms with E-state index >= 15 is 26.3 Å². The van der Waals surface area contributed by atoms with Gasteiger partial charge in [-0.1, -0.05) is 82.9 Å². The summed E-state index contributed by atoms with van der Waals surface area (Å²) in [4.78, 5) is 40.3. The Balaban J connectivity index is 0.891. The van der Waals surface area contributed by atoms with Crippen molar-refractivity contribution >= 4 is 78.3 Å². The van der Waals surface area contributed by atoms with Gasteiger partial charge in [-0.15, -0.1) is 0 Å². The van der Waals surface area contributed by atoms with Gasteiger partial charge in [0.1, 0.15) is 33.3 Å². The fourth-order valence-electron chi connectivity index (χ4n) is 11.4. The highest BCUT2D eigenvalue weighted by Crippen LogP contribution is 2.57. The molecule has 83 heavy (non-hydrogen) atoms. The van der Waals surface area contributed by atoms with Crippen molar-refractivity contribution in [3.05, 3.63) is 234 Å². The molecule has 0 fully saturated rings. The number of fused-ring (bicyclic) bond motifs is 4. The molecule has 0 aliphatic heterocycles. The number of halogens is 6. The van der Waals surface area contributed by atoms with Gasteiger partial charge in [0.05, 0.1) is 0 Å². The molecular formula is C67H50F6N4O6. The topological polar surface area (TPSA) is 119 Å². The predicted octanol–water partition coefficient (Wildman–Crippen LogP) is 18.3. The first-order valence-electron chi connectivity index (χ1n) is 26.5. The van der Waals surface area contributed by atoms with Crippen LogP contribution in [0.15, 0.2) is 185 Å². The summed E-state index contributed by atoms with van der Waals surface area (Å²) < 4.78 is 118. The molecule has 10 nitrogen and oxygen atoms in total. The predicted molar refractivity (Wildman–Crippen MR) is 311 cm³/mol. The number of nitrogens with zero attached hydrogens (tertiary/aromatic N) is 4. The van der Waals surface area contributed by atoms with Crippen molar-refractivity contribution in [2.45, 2.75) is 73.2 Å². The van der Waals surface area contributed by atoms with Gasteiger partial charge in [-0.25, -0.2) is 19.6 Å². The first kappa shape index (κ1) is 53.9. The molecule has 0 N–H and O–H groups in total. The quantitative estimate of drug-likeness (QED) is 0.0967. The number of alkyl halides is 6. The van der Waals surface area contributed by atoms with Crippen molar-refractivity contribution in [2.75, 3.05) is 9.80 Å². The van der Waals surface area contributed by atoms with Gasteiger partial charge in [-0.3, -0.25) is 0 Å². The van der Waals surface area contributed by atoms with Gasteiger partial charge < -0.3 is 27.5 Å². The maximum Gasteiger partial charge on any atom is 0.411 e. The molecule has 0 atom stereocenters. The van der Waals surface area contributed by atoms with Crippen LogP contribution in [0.4, 0.5) is 60.5 Å². The number of rotatable bonds is 10. The lowest BCUT2D eigenvalue weighted by Gasteiger charge is -2.38. The normalized spacial score (nSPS) is 12.3. The van der Waals surface area contributed by atoms with Gasteiger partial charge in [0.25, 0.3) is 0 Å². The van der Waals surface area contributed by atoms with Crippen molar-refractivity contribution < 1.29 is 44.0 Å². The van der Waals surface area contributed by atoms with E-state index in [9.17, 15) is 9.59 Å². The van der Waals surface area contributed by atoms with Crippen LogP contribution in [0, 0.1) is 55.4 Å². The largest absolute Gasteiger partial charge is 0.436 e. The minimum Gasteiger partial charge on any atom is -0.436 e. The second-order valence-electron chi connectivity index (χ2n) is 21.3. The van der Waals surface area contributed by atoms with Crippen LogP contribution in [0.25, 0.3) is 67.0 Å². The van der Waals surface area contributed by atoms with Gasteiger partial charge >= 0.3 is 23.6 Å². The summed E-state index contributed by atoms with van der Waals surface area (Å²) in [6, 6.07) is 42.3. The lowest BCUT2D eigenvalue weighted by atomic mass is 9.72. The van der Waals surface area contributed by atoms with Crippen LogP contribution >= 0.6 is 0 Å². The van der Waals surface area contributed by atoms with E-state index in [2.05, 4.69) is 44.0 Å². The lowest BCUT2D eigenvalue weighted by Crippen LogP contribution is -2.54. The summed E-state index contributed by atoms with van der Waals surface area (Å²) in [5, 5.41) is 0.875. The van der Waals surface area contributed by atoms with Gasteiger partial charge in [-0.2, -0.15) is 26.3 Å². The second-order valence-corrected chi connectivity index (χ2v) is 21.3. The lowest BCUT2D eigenvalue weighted by molar-refractivity contribution is -0.288. The van der Waals surface area contributed by atoms with Crippen LogP contribution in [0.1, 0.15) is 55.6 Å². The van der Waals surface area contributed by atoms with Crippen LogP contribution in [0.5, 0.6) is 0 Å². The van der Waals surface area contributed by atoms with Crippen LogP contribution in [-0.2, 0) is 5.41 Å².